The van der Waals surface area contributed by atoms with Crippen LogP contribution in [-0.2, 0) is 17.8 Å². The van der Waals surface area contributed by atoms with Gasteiger partial charge in [-0.3, -0.25) is 9.59 Å². The number of hydrogen-bond acceptors (Lipinski definition) is 2. The smallest absolute Gasteiger partial charge is 0.250 e. The zero-order valence-corrected chi connectivity index (χ0v) is 17.1. The van der Waals surface area contributed by atoms with E-state index in [-0.39, 0.29) is 11.5 Å². The third kappa shape index (κ3) is 3.91. The van der Waals surface area contributed by atoms with Gasteiger partial charge in [0.05, 0.1) is 0 Å². The number of benzene rings is 1. The van der Waals surface area contributed by atoms with Crippen molar-refractivity contribution in [1.29, 1.82) is 0 Å². The molecule has 3 heterocycles. The van der Waals surface area contributed by atoms with Gasteiger partial charge in [-0.2, -0.15) is 0 Å². The van der Waals surface area contributed by atoms with E-state index in [1.54, 1.807) is 6.07 Å². The molecule has 2 aromatic rings. The molecule has 0 unspecified atom stereocenters. The van der Waals surface area contributed by atoms with Crippen molar-refractivity contribution in [2.75, 3.05) is 13.1 Å². The van der Waals surface area contributed by atoms with Gasteiger partial charge in [0.25, 0.3) is 5.56 Å². The summed E-state index contributed by atoms with van der Waals surface area (Å²) >= 11 is 0. The summed E-state index contributed by atoms with van der Waals surface area (Å²) < 4.78 is 1.92. The molecule has 4 rings (SSSR count). The molecule has 148 valence electrons. The Kier molecular flexibility index (Phi) is 5.13. The SMILES string of the molecule is Cc1cc(C)cc(C[C@H](C)CC(=O)N2C[C@H]3C[C@@H](C2)c2cccc(=O)n2C3)c1. The third-order valence-electron chi connectivity index (χ3n) is 6.22. The van der Waals surface area contributed by atoms with E-state index in [0.717, 1.165) is 38.2 Å². The van der Waals surface area contributed by atoms with Gasteiger partial charge in [-0.15, -0.1) is 0 Å². The zero-order valence-electron chi connectivity index (χ0n) is 17.1. The second-order valence-electron chi connectivity index (χ2n) is 9.01. The Morgan fingerprint density at radius 3 is 2.61 bits per heavy atom. The molecule has 1 aromatic carbocycles. The first-order valence-corrected chi connectivity index (χ1v) is 10.4. The van der Waals surface area contributed by atoms with Crippen LogP contribution in [0.2, 0.25) is 0 Å². The number of piperidine rings is 1. The second-order valence-corrected chi connectivity index (χ2v) is 9.01. The summed E-state index contributed by atoms with van der Waals surface area (Å²) in [6, 6.07) is 12.2. The van der Waals surface area contributed by atoms with Crippen molar-refractivity contribution < 1.29 is 4.79 Å². The molecule has 1 fully saturated rings. The summed E-state index contributed by atoms with van der Waals surface area (Å²) in [5.41, 5.74) is 5.08. The van der Waals surface area contributed by atoms with Gasteiger partial charge < -0.3 is 9.47 Å². The van der Waals surface area contributed by atoms with Crippen LogP contribution in [0.25, 0.3) is 0 Å². The van der Waals surface area contributed by atoms with Crippen molar-refractivity contribution >= 4 is 5.91 Å². The van der Waals surface area contributed by atoms with E-state index in [1.807, 2.05) is 10.6 Å². The molecule has 0 radical (unpaired) electrons. The van der Waals surface area contributed by atoms with E-state index in [1.165, 1.54) is 16.7 Å². The number of hydrogen-bond donors (Lipinski definition) is 0. The first kappa shape index (κ1) is 19.0. The van der Waals surface area contributed by atoms with Crippen molar-refractivity contribution in [2.45, 2.75) is 52.5 Å². The predicted octanol–water partition coefficient (Wildman–Crippen LogP) is 3.68. The first-order valence-electron chi connectivity index (χ1n) is 10.4. The average molecular weight is 379 g/mol. The standard InChI is InChI=1S/C24H30N2O2/c1-16-7-17(2)9-19(8-16)10-18(3)11-24(28)25-13-20-12-21(15-25)22-5-4-6-23(27)26(22)14-20/h4-9,18,20-21H,10-15H2,1-3H3/t18-,20+,21-/m0/s1. The van der Waals surface area contributed by atoms with Crippen molar-refractivity contribution in [2.24, 2.45) is 11.8 Å². The van der Waals surface area contributed by atoms with Gasteiger partial charge in [0.15, 0.2) is 0 Å². The molecule has 1 amide bonds. The Labute approximate surface area is 167 Å². The van der Waals surface area contributed by atoms with E-state index in [2.05, 4.69) is 49.9 Å². The maximum absolute atomic E-state index is 13.0. The van der Waals surface area contributed by atoms with Gasteiger partial charge in [-0.25, -0.2) is 0 Å². The minimum absolute atomic E-state index is 0.0917. The number of likely N-dealkylation sites (tertiary alicyclic amines) is 1. The normalized spacial score (nSPS) is 21.9. The number of carbonyl (C=O) groups is 1. The van der Waals surface area contributed by atoms with Crippen LogP contribution in [0.4, 0.5) is 0 Å². The van der Waals surface area contributed by atoms with Gasteiger partial charge in [0.1, 0.15) is 0 Å². The monoisotopic (exact) mass is 378 g/mol. The van der Waals surface area contributed by atoms with Crippen LogP contribution in [0, 0.1) is 25.7 Å². The highest BCUT2D eigenvalue weighted by Gasteiger charge is 2.36. The fourth-order valence-corrected chi connectivity index (χ4v) is 5.19. The molecule has 1 aromatic heterocycles. The summed E-state index contributed by atoms with van der Waals surface area (Å²) in [7, 11) is 0. The number of pyridine rings is 1. The molecule has 0 spiro atoms. The summed E-state index contributed by atoms with van der Waals surface area (Å²) in [5, 5.41) is 0. The highest BCUT2D eigenvalue weighted by molar-refractivity contribution is 5.76. The second kappa shape index (κ2) is 7.57. The lowest BCUT2D eigenvalue weighted by Gasteiger charge is -2.43. The van der Waals surface area contributed by atoms with Gasteiger partial charge in [-0.1, -0.05) is 42.3 Å². The third-order valence-corrected chi connectivity index (χ3v) is 6.22. The number of fused-ring (bicyclic) bond motifs is 4. The number of carbonyl (C=O) groups excluding carboxylic acids is 1. The Balaban J connectivity index is 1.41. The zero-order chi connectivity index (χ0) is 19.8. The highest BCUT2D eigenvalue weighted by atomic mass is 16.2. The molecule has 0 aliphatic carbocycles. The highest BCUT2D eigenvalue weighted by Crippen LogP contribution is 2.35. The van der Waals surface area contributed by atoms with Crippen LogP contribution in [0.1, 0.15) is 48.1 Å². The predicted molar refractivity (Wildman–Crippen MR) is 112 cm³/mol. The fraction of sp³-hybridized carbons (Fsp3) is 0.500. The maximum atomic E-state index is 13.0. The van der Waals surface area contributed by atoms with Crippen molar-refractivity contribution in [3.63, 3.8) is 0 Å². The average Bonchev–Trinajstić information content (AvgIpc) is 2.61. The summed E-state index contributed by atoms with van der Waals surface area (Å²) in [6.07, 6.45) is 2.62. The molecular formula is C24H30N2O2. The maximum Gasteiger partial charge on any atom is 0.250 e. The quantitative estimate of drug-likeness (QED) is 0.814. The molecule has 4 nitrogen and oxygen atoms in total. The molecule has 3 atom stereocenters. The minimum Gasteiger partial charge on any atom is -0.342 e. The Bertz CT molecular complexity index is 926. The Morgan fingerprint density at radius 1 is 1.11 bits per heavy atom. The molecule has 28 heavy (non-hydrogen) atoms. The van der Waals surface area contributed by atoms with Crippen LogP contribution in [-0.4, -0.2) is 28.5 Å². The Hall–Kier alpha value is -2.36. The minimum atomic E-state index is 0.0917. The Morgan fingerprint density at radius 2 is 1.86 bits per heavy atom. The summed E-state index contributed by atoms with van der Waals surface area (Å²) in [6.45, 7) is 8.70. The lowest BCUT2D eigenvalue weighted by atomic mass is 9.83. The van der Waals surface area contributed by atoms with E-state index >= 15 is 0 Å². The van der Waals surface area contributed by atoms with E-state index < -0.39 is 0 Å². The molecule has 2 bridgehead atoms. The van der Waals surface area contributed by atoms with Gasteiger partial charge in [0, 0.05) is 43.7 Å². The lowest BCUT2D eigenvalue weighted by molar-refractivity contribution is -0.134. The van der Waals surface area contributed by atoms with Gasteiger partial charge in [0.2, 0.25) is 5.91 Å². The lowest BCUT2D eigenvalue weighted by Crippen LogP contribution is -2.49. The van der Waals surface area contributed by atoms with E-state index in [0.29, 0.717) is 24.2 Å². The molecule has 1 saturated heterocycles. The van der Waals surface area contributed by atoms with Crippen LogP contribution in [0.15, 0.2) is 41.2 Å². The molecular weight excluding hydrogens is 348 g/mol. The topological polar surface area (TPSA) is 42.3 Å². The van der Waals surface area contributed by atoms with Crippen molar-refractivity contribution in [3.05, 3.63) is 69.1 Å². The number of aryl methyl sites for hydroxylation is 2. The molecule has 0 N–H and O–H groups in total. The first-order chi connectivity index (χ1) is 13.4. The molecule has 2 aliphatic rings. The van der Waals surface area contributed by atoms with Crippen LogP contribution >= 0.6 is 0 Å². The summed E-state index contributed by atoms with van der Waals surface area (Å²) in [5.74, 6) is 1.27. The molecule has 2 aliphatic heterocycles. The summed E-state index contributed by atoms with van der Waals surface area (Å²) in [4.78, 5) is 27.2. The van der Waals surface area contributed by atoms with Crippen LogP contribution < -0.4 is 5.56 Å². The van der Waals surface area contributed by atoms with E-state index in [9.17, 15) is 9.59 Å². The molecule has 4 heteroatoms. The van der Waals surface area contributed by atoms with Gasteiger partial charge in [-0.05, 0) is 50.2 Å². The number of rotatable bonds is 4. The molecule has 0 saturated carbocycles. The van der Waals surface area contributed by atoms with Crippen LogP contribution in [0.3, 0.4) is 0 Å². The number of aromatic nitrogens is 1. The van der Waals surface area contributed by atoms with Gasteiger partial charge >= 0.3 is 0 Å². The number of amides is 1. The van der Waals surface area contributed by atoms with Crippen molar-refractivity contribution in [3.8, 4) is 0 Å². The number of nitrogens with zero attached hydrogens (tertiary/aromatic N) is 2. The fourth-order valence-electron chi connectivity index (χ4n) is 5.19. The van der Waals surface area contributed by atoms with Crippen LogP contribution in [0.5, 0.6) is 0 Å². The van der Waals surface area contributed by atoms with E-state index in [4.69, 9.17) is 0 Å². The van der Waals surface area contributed by atoms with Crippen molar-refractivity contribution in [1.82, 2.24) is 9.47 Å². The largest absolute Gasteiger partial charge is 0.342 e.